The van der Waals surface area contributed by atoms with Crippen molar-refractivity contribution in [2.45, 2.75) is 39.2 Å². The molecule has 9 heteroatoms. The van der Waals surface area contributed by atoms with Crippen LogP contribution in [0.5, 0.6) is 0 Å². The van der Waals surface area contributed by atoms with Crippen molar-refractivity contribution in [3.63, 3.8) is 0 Å². The van der Waals surface area contributed by atoms with E-state index in [2.05, 4.69) is 6.92 Å². The second-order valence-electron chi connectivity index (χ2n) is 7.99. The maximum Gasteiger partial charge on any atom is 0.321 e. The molecule has 0 unspecified atom stereocenters. The van der Waals surface area contributed by atoms with Crippen LogP contribution in [0.3, 0.4) is 0 Å². The average Bonchev–Trinajstić information content (AvgIpc) is 3.19. The molecular formula is C24H26N4O5. The largest absolute Gasteiger partial charge is 0.465 e. The predicted octanol–water partition coefficient (Wildman–Crippen LogP) is 4.25. The highest BCUT2D eigenvalue weighted by Crippen LogP contribution is 2.41. The number of hydrogen-bond donors (Lipinski definition) is 0. The zero-order valence-electron chi connectivity index (χ0n) is 18.6. The first-order valence-electron chi connectivity index (χ1n) is 11.2. The van der Waals surface area contributed by atoms with E-state index in [-0.39, 0.29) is 18.2 Å². The molecule has 0 bridgehead atoms. The summed E-state index contributed by atoms with van der Waals surface area (Å²) in [5.41, 5.74) is 2.02. The fraction of sp³-hybridized carbons (Fsp3) is 0.375. The minimum Gasteiger partial charge on any atom is -0.465 e. The van der Waals surface area contributed by atoms with Gasteiger partial charge in [0.1, 0.15) is 0 Å². The molecule has 0 saturated heterocycles. The molecule has 9 nitrogen and oxygen atoms in total. The number of hydrogen-bond acceptors (Lipinski definition) is 6. The van der Waals surface area contributed by atoms with Crippen LogP contribution in [0.15, 0.2) is 48.5 Å². The molecule has 1 amide bonds. The number of nitro groups is 1. The van der Waals surface area contributed by atoms with Gasteiger partial charge in [0.2, 0.25) is 11.9 Å². The Kier molecular flexibility index (Phi) is 6.39. The second-order valence-corrected chi connectivity index (χ2v) is 7.99. The summed E-state index contributed by atoms with van der Waals surface area (Å²) in [5.74, 6) is -1.63. The topological polar surface area (TPSA) is 108 Å². The van der Waals surface area contributed by atoms with E-state index in [0.29, 0.717) is 23.6 Å². The number of imidazole rings is 1. The van der Waals surface area contributed by atoms with Crippen LogP contribution in [0.1, 0.15) is 44.7 Å². The first kappa shape index (κ1) is 22.4. The number of carbonyl (C=O) groups excluding carboxylic acids is 2. The van der Waals surface area contributed by atoms with E-state index >= 15 is 0 Å². The molecule has 0 saturated carbocycles. The van der Waals surface area contributed by atoms with Gasteiger partial charge in [0.15, 0.2) is 5.92 Å². The van der Waals surface area contributed by atoms with E-state index in [4.69, 9.17) is 9.72 Å². The van der Waals surface area contributed by atoms with Gasteiger partial charge in [0.05, 0.1) is 28.6 Å². The molecule has 2 aromatic carbocycles. The number of aromatic nitrogens is 2. The van der Waals surface area contributed by atoms with Crippen LogP contribution in [0, 0.1) is 16.0 Å². The third-order valence-corrected chi connectivity index (χ3v) is 5.92. The van der Waals surface area contributed by atoms with Gasteiger partial charge in [-0.05, 0) is 31.0 Å². The molecule has 3 aromatic rings. The number of carbonyl (C=O) groups is 2. The smallest absolute Gasteiger partial charge is 0.321 e. The van der Waals surface area contributed by atoms with Crippen molar-refractivity contribution >= 4 is 34.5 Å². The fourth-order valence-electron chi connectivity index (χ4n) is 4.37. The first-order valence-corrected chi connectivity index (χ1v) is 11.2. The van der Waals surface area contributed by atoms with Gasteiger partial charge < -0.3 is 9.30 Å². The average molecular weight is 450 g/mol. The summed E-state index contributed by atoms with van der Waals surface area (Å²) in [4.78, 5) is 43.8. The number of rotatable bonds is 8. The second kappa shape index (κ2) is 9.40. The van der Waals surface area contributed by atoms with Gasteiger partial charge in [0.25, 0.3) is 5.69 Å². The maximum atomic E-state index is 13.7. The lowest BCUT2D eigenvalue weighted by atomic mass is 9.89. The molecule has 0 spiro atoms. The molecule has 1 aliphatic heterocycles. The number of para-hydroxylation sites is 2. The number of non-ortho nitro benzene ring substituents is 1. The Morgan fingerprint density at radius 2 is 1.85 bits per heavy atom. The molecule has 4 rings (SSSR count). The predicted molar refractivity (Wildman–Crippen MR) is 123 cm³/mol. The van der Waals surface area contributed by atoms with Crippen molar-refractivity contribution in [3.8, 4) is 0 Å². The lowest BCUT2D eigenvalue weighted by molar-refractivity contribution is -0.384. The molecule has 2 atom stereocenters. The molecule has 1 aromatic heterocycles. The highest BCUT2D eigenvalue weighted by atomic mass is 16.6. The number of anilines is 1. The van der Waals surface area contributed by atoms with Crippen molar-refractivity contribution in [1.82, 2.24) is 9.55 Å². The normalized spacial score (nSPS) is 17.8. The Balaban J connectivity index is 1.92. The Bertz CT molecular complexity index is 1190. The van der Waals surface area contributed by atoms with E-state index in [1.165, 1.54) is 12.1 Å². The van der Waals surface area contributed by atoms with E-state index in [1.807, 2.05) is 28.8 Å². The SMILES string of the molecule is CCCCCN1C(=O)[C@@H](C(=O)OCC)[C@H](c2ccc([N+](=O)[O-])cc2)n2c1nc1ccccc12. The van der Waals surface area contributed by atoms with Crippen molar-refractivity contribution in [2.75, 3.05) is 18.1 Å². The third kappa shape index (κ3) is 4.06. The third-order valence-electron chi connectivity index (χ3n) is 5.92. The fourth-order valence-corrected chi connectivity index (χ4v) is 4.37. The van der Waals surface area contributed by atoms with Gasteiger partial charge in [-0.1, -0.05) is 44.0 Å². The van der Waals surface area contributed by atoms with Gasteiger partial charge in [-0.3, -0.25) is 24.6 Å². The summed E-state index contributed by atoms with van der Waals surface area (Å²) in [6.07, 6.45) is 2.72. The first-order chi connectivity index (χ1) is 16.0. The van der Waals surface area contributed by atoms with Crippen LogP contribution >= 0.6 is 0 Å². The van der Waals surface area contributed by atoms with E-state index in [9.17, 15) is 19.7 Å². The number of nitrogens with zero attached hydrogens (tertiary/aromatic N) is 4. The number of ether oxygens (including phenoxy) is 1. The summed E-state index contributed by atoms with van der Waals surface area (Å²) in [7, 11) is 0. The molecule has 0 fully saturated rings. The molecule has 172 valence electrons. The number of amides is 1. The van der Waals surface area contributed by atoms with Gasteiger partial charge in [-0.15, -0.1) is 0 Å². The zero-order chi connectivity index (χ0) is 23.5. The van der Waals surface area contributed by atoms with Crippen LogP contribution in [-0.4, -0.2) is 39.5 Å². The number of esters is 1. The van der Waals surface area contributed by atoms with E-state index in [0.717, 1.165) is 24.8 Å². The molecule has 0 N–H and O–H groups in total. The highest BCUT2D eigenvalue weighted by Gasteiger charge is 2.47. The van der Waals surface area contributed by atoms with Crippen LogP contribution in [0.25, 0.3) is 11.0 Å². The van der Waals surface area contributed by atoms with Gasteiger partial charge in [-0.25, -0.2) is 4.98 Å². The Morgan fingerprint density at radius 3 is 2.52 bits per heavy atom. The van der Waals surface area contributed by atoms with Crippen molar-refractivity contribution < 1.29 is 19.2 Å². The Labute approximate surface area is 191 Å². The summed E-state index contributed by atoms with van der Waals surface area (Å²) in [6, 6.07) is 12.7. The number of fused-ring (bicyclic) bond motifs is 3. The molecule has 2 heterocycles. The molecular weight excluding hydrogens is 424 g/mol. The Hall–Kier alpha value is -3.75. The lowest BCUT2D eigenvalue weighted by Crippen LogP contribution is -2.50. The number of unbranched alkanes of at least 4 members (excludes halogenated alkanes) is 2. The van der Waals surface area contributed by atoms with E-state index < -0.39 is 22.9 Å². The lowest BCUT2D eigenvalue weighted by Gasteiger charge is -2.38. The number of benzene rings is 2. The summed E-state index contributed by atoms with van der Waals surface area (Å²) in [6.45, 7) is 4.37. The molecule has 0 radical (unpaired) electrons. The maximum absolute atomic E-state index is 13.7. The zero-order valence-corrected chi connectivity index (χ0v) is 18.6. The van der Waals surface area contributed by atoms with Crippen molar-refractivity contribution in [1.29, 1.82) is 0 Å². The summed E-state index contributed by atoms with van der Waals surface area (Å²) >= 11 is 0. The summed E-state index contributed by atoms with van der Waals surface area (Å²) < 4.78 is 7.21. The van der Waals surface area contributed by atoms with Crippen LogP contribution in [0.4, 0.5) is 11.6 Å². The van der Waals surface area contributed by atoms with Gasteiger partial charge in [0, 0.05) is 18.7 Å². The Morgan fingerprint density at radius 1 is 1.12 bits per heavy atom. The van der Waals surface area contributed by atoms with Gasteiger partial charge in [-0.2, -0.15) is 0 Å². The van der Waals surface area contributed by atoms with Gasteiger partial charge >= 0.3 is 5.97 Å². The molecule has 0 aliphatic carbocycles. The minimum atomic E-state index is -1.13. The van der Waals surface area contributed by atoms with Crippen LogP contribution in [-0.2, 0) is 14.3 Å². The highest BCUT2D eigenvalue weighted by molar-refractivity contribution is 6.08. The van der Waals surface area contributed by atoms with E-state index in [1.54, 1.807) is 24.0 Å². The molecule has 1 aliphatic rings. The van der Waals surface area contributed by atoms with Crippen molar-refractivity contribution in [2.24, 2.45) is 5.92 Å². The standard InChI is InChI=1S/C24H26N4O5/c1-3-5-8-15-26-22(29)20(23(30)33-4-2)21(16-11-13-17(14-12-16)28(31)32)27-19-10-7-6-9-18(19)25-24(26)27/h6-7,9-14,20-21H,3-5,8,15H2,1-2H3/t20-,21-/m0/s1. The minimum absolute atomic E-state index is 0.0644. The number of nitro benzene ring substituents is 1. The quantitative estimate of drug-likeness (QED) is 0.167. The summed E-state index contributed by atoms with van der Waals surface area (Å²) in [5, 5.41) is 11.2. The van der Waals surface area contributed by atoms with Crippen LogP contribution in [0.2, 0.25) is 0 Å². The van der Waals surface area contributed by atoms with Crippen molar-refractivity contribution in [3.05, 3.63) is 64.2 Å². The molecule has 33 heavy (non-hydrogen) atoms. The monoisotopic (exact) mass is 450 g/mol. The van der Waals surface area contributed by atoms with Crippen LogP contribution < -0.4 is 4.90 Å².